The first kappa shape index (κ1) is 15.9. The molecule has 0 spiro atoms. The molecule has 1 fully saturated rings. The number of carbonyl (C=O) groups is 2. The van der Waals surface area contributed by atoms with Gasteiger partial charge in [-0.1, -0.05) is 18.2 Å². The number of aliphatic carboxylic acids is 1. The minimum atomic E-state index is -0.907. The zero-order valence-electron chi connectivity index (χ0n) is 12.3. The van der Waals surface area contributed by atoms with Crippen LogP contribution in [0.25, 0.3) is 0 Å². The number of para-hydroxylation sites is 1. The van der Waals surface area contributed by atoms with Gasteiger partial charge in [-0.2, -0.15) is 0 Å². The Hall–Kier alpha value is -2.44. The van der Waals surface area contributed by atoms with Gasteiger partial charge in [-0.25, -0.2) is 0 Å². The number of carboxylic acid groups (broad SMARTS) is 1. The molecule has 0 aromatic heterocycles. The van der Waals surface area contributed by atoms with Gasteiger partial charge >= 0.3 is 5.97 Å². The Kier molecular flexibility index (Phi) is 4.75. The minimum absolute atomic E-state index is 0.0877. The third-order valence-electron chi connectivity index (χ3n) is 4.16. The summed E-state index contributed by atoms with van der Waals surface area (Å²) < 4.78 is 0. The highest BCUT2D eigenvalue weighted by Crippen LogP contribution is 2.26. The van der Waals surface area contributed by atoms with Crippen LogP contribution in [-0.4, -0.2) is 39.4 Å². The highest BCUT2D eigenvalue weighted by Gasteiger charge is 2.35. The van der Waals surface area contributed by atoms with Crippen molar-refractivity contribution in [2.24, 2.45) is 5.92 Å². The zero-order chi connectivity index (χ0) is 16.3. The normalized spacial score (nSPS) is 21.4. The van der Waals surface area contributed by atoms with Gasteiger partial charge in [-0.3, -0.25) is 19.7 Å². The van der Waals surface area contributed by atoms with E-state index < -0.39 is 22.9 Å². The first-order valence-electron chi connectivity index (χ1n) is 7.16. The maximum Gasteiger partial charge on any atom is 0.308 e. The lowest BCUT2D eigenvalue weighted by molar-refractivity contribution is -0.385. The average Bonchev–Trinajstić information content (AvgIpc) is 2.47. The predicted octanol–water partition coefficient (Wildman–Crippen LogP) is 1.85. The molecule has 0 unspecified atom stereocenters. The van der Waals surface area contributed by atoms with Crippen LogP contribution in [0.3, 0.4) is 0 Å². The lowest BCUT2D eigenvalue weighted by Crippen LogP contribution is -2.49. The molecular formula is C15H18N2O5. The molecule has 2 atom stereocenters. The fourth-order valence-electron chi connectivity index (χ4n) is 2.93. The molecule has 1 heterocycles. The lowest BCUT2D eigenvalue weighted by atomic mass is 9.90. The zero-order valence-corrected chi connectivity index (χ0v) is 12.3. The summed E-state index contributed by atoms with van der Waals surface area (Å²) in [6.45, 7) is 2.21. The van der Waals surface area contributed by atoms with Gasteiger partial charge in [0.2, 0.25) is 5.91 Å². The van der Waals surface area contributed by atoms with E-state index >= 15 is 0 Å². The molecule has 1 aromatic rings. The van der Waals surface area contributed by atoms with E-state index in [9.17, 15) is 24.8 Å². The summed E-state index contributed by atoms with van der Waals surface area (Å²) >= 11 is 0. The lowest BCUT2D eigenvalue weighted by Gasteiger charge is -2.37. The highest BCUT2D eigenvalue weighted by molar-refractivity contribution is 5.81. The fourth-order valence-corrected chi connectivity index (χ4v) is 2.93. The van der Waals surface area contributed by atoms with Crippen molar-refractivity contribution in [2.45, 2.75) is 32.2 Å². The standard InChI is InChI=1S/C15H18N2O5/c1-10-12(15(19)20)6-4-8-16(10)14(18)9-11-5-2-3-7-13(11)17(21)22/h2-3,5,7,10,12H,4,6,8-9H2,1H3,(H,19,20)/t10-,12-/m1/s1. The van der Waals surface area contributed by atoms with Crippen LogP contribution in [0, 0.1) is 16.0 Å². The largest absolute Gasteiger partial charge is 0.481 e. The third-order valence-corrected chi connectivity index (χ3v) is 4.16. The minimum Gasteiger partial charge on any atom is -0.481 e. The molecule has 118 valence electrons. The number of nitro benzene ring substituents is 1. The summed E-state index contributed by atoms with van der Waals surface area (Å²) in [6.07, 6.45) is 1.09. The fraction of sp³-hybridized carbons (Fsp3) is 0.467. The summed E-state index contributed by atoms with van der Waals surface area (Å²) in [5.74, 6) is -1.76. The Balaban J connectivity index is 2.15. The second kappa shape index (κ2) is 6.55. The second-order valence-electron chi connectivity index (χ2n) is 5.48. The monoisotopic (exact) mass is 306 g/mol. The number of carboxylic acids is 1. The van der Waals surface area contributed by atoms with Gasteiger partial charge in [-0.15, -0.1) is 0 Å². The van der Waals surface area contributed by atoms with Crippen molar-refractivity contribution in [1.82, 2.24) is 4.90 Å². The summed E-state index contributed by atoms with van der Waals surface area (Å²) in [5, 5.41) is 20.2. The third kappa shape index (κ3) is 3.24. The first-order chi connectivity index (χ1) is 10.4. The van der Waals surface area contributed by atoms with E-state index in [0.29, 0.717) is 24.9 Å². The number of carbonyl (C=O) groups excluding carboxylic acids is 1. The molecule has 0 radical (unpaired) electrons. The number of rotatable bonds is 4. The predicted molar refractivity (Wildman–Crippen MR) is 78.3 cm³/mol. The molecule has 7 heteroatoms. The Morgan fingerprint density at radius 2 is 2.09 bits per heavy atom. The van der Waals surface area contributed by atoms with Crippen molar-refractivity contribution >= 4 is 17.6 Å². The number of likely N-dealkylation sites (tertiary alicyclic amines) is 1. The van der Waals surface area contributed by atoms with Crippen molar-refractivity contribution in [3.8, 4) is 0 Å². The Morgan fingerprint density at radius 3 is 2.73 bits per heavy atom. The Morgan fingerprint density at radius 1 is 1.41 bits per heavy atom. The van der Waals surface area contributed by atoms with Gasteiger partial charge in [0.05, 0.1) is 17.3 Å². The maximum atomic E-state index is 12.4. The molecule has 1 N–H and O–H groups in total. The SMILES string of the molecule is C[C@@H]1[C@H](C(=O)O)CCCN1C(=O)Cc1ccccc1[N+](=O)[O-]. The van der Waals surface area contributed by atoms with E-state index in [2.05, 4.69) is 0 Å². The van der Waals surface area contributed by atoms with E-state index in [1.54, 1.807) is 25.1 Å². The Labute approximate surface area is 127 Å². The maximum absolute atomic E-state index is 12.4. The number of nitro groups is 1. The van der Waals surface area contributed by atoms with Crippen molar-refractivity contribution in [1.29, 1.82) is 0 Å². The molecule has 1 aliphatic rings. The smallest absolute Gasteiger partial charge is 0.308 e. The van der Waals surface area contributed by atoms with Gasteiger partial charge in [-0.05, 0) is 19.8 Å². The first-order valence-corrected chi connectivity index (χ1v) is 7.16. The van der Waals surface area contributed by atoms with E-state index in [1.165, 1.54) is 11.0 Å². The van der Waals surface area contributed by atoms with E-state index in [1.807, 2.05) is 0 Å². The molecule has 2 rings (SSSR count). The van der Waals surface area contributed by atoms with E-state index in [4.69, 9.17) is 0 Å². The molecule has 0 saturated carbocycles. The number of amides is 1. The van der Waals surface area contributed by atoms with Crippen LogP contribution in [0.1, 0.15) is 25.3 Å². The van der Waals surface area contributed by atoms with Crippen LogP contribution >= 0.6 is 0 Å². The number of hydrogen-bond acceptors (Lipinski definition) is 4. The summed E-state index contributed by atoms with van der Waals surface area (Å²) in [6, 6.07) is 5.72. The van der Waals surface area contributed by atoms with E-state index in [-0.39, 0.29) is 18.0 Å². The molecule has 0 aliphatic carbocycles. The molecule has 1 amide bonds. The van der Waals surface area contributed by atoms with Gasteiger partial charge in [0.25, 0.3) is 5.69 Å². The van der Waals surface area contributed by atoms with Crippen LogP contribution in [-0.2, 0) is 16.0 Å². The van der Waals surface area contributed by atoms with Crippen LogP contribution < -0.4 is 0 Å². The summed E-state index contributed by atoms with van der Waals surface area (Å²) in [7, 11) is 0. The second-order valence-corrected chi connectivity index (χ2v) is 5.48. The van der Waals surface area contributed by atoms with Crippen molar-refractivity contribution in [3.05, 3.63) is 39.9 Å². The average molecular weight is 306 g/mol. The summed E-state index contributed by atoms with van der Waals surface area (Å²) in [5.41, 5.74) is 0.262. The molecule has 1 saturated heterocycles. The van der Waals surface area contributed by atoms with Crippen molar-refractivity contribution in [3.63, 3.8) is 0 Å². The van der Waals surface area contributed by atoms with Crippen LogP contribution in [0.2, 0.25) is 0 Å². The summed E-state index contributed by atoms with van der Waals surface area (Å²) in [4.78, 5) is 35.6. The van der Waals surface area contributed by atoms with Crippen molar-refractivity contribution < 1.29 is 19.6 Å². The topological polar surface area (TPSA) is 101 Å². The number of hydrogen-bond donors (Lipinski definition) is 1. The van der Waals surface area contributed by atoms with Gasteiger partial charge < -0.3 is 10.0 Å². The van der Waals surface area contributed by atoms with Crippen LogP contribution in [0.5, 0.6) is 0 Å². The Bertz CT molecular complexity index is 601. The molecule has 1 aromatic carbocycles. The number of nitrogens with zero attached hydrogens (tertiary/aromatic N) is 2. The van der Waals surface area contributed by atoms with Gasteiger partial charge in [0, 0.05) is 24.2 Å². The highest BCUT2D eigenvalue weighted by atomic mass is 16.6. The van der Waals surface area contributed by atoms with Crippen molar-refractivity contribution in [2.75, 3.05) is 6.54 Å². The van der Waals surface area contributed by atoms with Crippen LogP contribution in [0.4, 0.5) is 5.69 Å². The molecule has 0 bridgehead atoms. The van der Waals surface area contributed by atoms with Crippen LogP contribution in [0.15, 0.2) is 24.3 Å². The molecule has 7 nitrogen and oxygen atoms in total. The number of piperidine rings is 1. The molecule has 1 aliphatic heterocycles. The molecular weight excluding hydrogens is 288 g/mol. The quantitative estimate of drug-likeness (QED) is 0.675. The van der Waals surface area contributed by atoms with Gasteiger partial charge in [0.1, 0.15) is 0 Å². The van der Waals surface area contributed by atoms with Gasteiger partial charge in [0.15, 0.2) is 0 Å². The molecule has 22 heavy (non-hydrogen) atoms. The van der Waals surface area contributed by atoms with E-state index in [0.717, 1.165) is 0 Å². The number of benzene rings is 1.